The largest absolute Gasteiger partial charge is 0.492 e. The van der Waals surface area contributed by atoms with Gasteiger partial charge >= 0.3 is 0 Å². The van der Waals surface area contributed by atoms with Gasteiger partial charge in [0, 0.05) is 17.6 Å². The lowest BCUT2D eigenvalue weighted by Crippen LogP contribution is -2.51. The highest BCUT2D eigenvalue weighted by Gasteiger charge is 2.33. The number of nitrogens with one attached hydrogen (secondary N) is 1. The fourth-order valence-electron chi connectivity index (χ4n) is 3.98. The van der Waals surface area contributed by atoms with E-state index in [1.165, 1.54) is 17.0 Å². The van der Waals surface area contributed by atoms with E-state index in [1.54, 1.807) is 56.3 Å². The standard InChI is InChI=1S/C29H34BrN3O5S/c1-4-18-31-29(35)22(3)32(20-23-12-11-13-24(30)19-23)28(34)21-33(26-16-9-10-17-27(26)38-5-2)39(36,37)25-14-7-6-8-15-25/h6-17,19,22H,4-5,18,20-21H2,1-3H3,(H,31,35)/t22-/m0/s1. The van der Waals surface area contributed by atoms with Crippen molar-refractivity contribution in [1.82, 2.24) is 10.2 Å². The summed E-state index contributed by atoms with van der Waals surface area (Å²) in [5.74, 6) is -0.508. The summed E-state index contributed by atoms with van der Waals surface area (Å²) in [7, 11) is -4.17. The molecule has 0 aliphatic heterocycles. The Morgan fingerprint density at radius 3 is 2.33 bits per heavy atom. The normalized spacial score (nSPS) is 11.9. The van der Waals surface area contributed by atoms with Crippen LogP contribution in [-0.2, 0) is 26.2 Å². The lowest BCUT2D eigenvalue weighted by Gasteiger charge is -2.32. The fraction of sp³-hybridized carbons (Fsp3) is 0.310. The van der Waals surface area contributed by atoms with Gasteiger partial charge in [-0.3, -0.25) is 13.9 Å². The molecule has 3 aromatic rings. The van der Waals surface area contributed by atoms with E-state index >= 15 is 0 Å². The number of anilines is 1. The highest BCUT2D eigenvalue weighted by atomic mass is 79.9. The molecule has 8 nitrogen and oxygen atoms in total. The van der Waals surface area contributed by atoms with E-state index < -0.39 is 28.5 Å². The molecule has 0 radical (unpaired) electrons. The first-order valence-electron chi connectivity index (χ1n) is 12.8. The average Bonchev–Trinajstić information content (AvgIpc) is 2.94. The number of benzene rings is 3. The topological polar surface area (TPSA) is 96.0 Å². The van der Waals surface area contributed by atoms with Crippen LogP contribution in [0.4, 0.5) is 5.69 Å². The second kappa shape index (κ2) is 14.1. The van der Waals surface area contributed by atoms with Gasteiger partial charge in [0.15, 0.2) is 0 Å². The van der Waals surface area contributed by atoms with Crippen molar-refractivity contribution in [3.8, 4) is 5.75 Å². The Morgan fingerprint density at radius 1 is 0.974 bits per heavy atom. The van der Waals surface area contributed by atoms with E-state index in [0.717, 1.165) is 20.8 Å². The van der Waals surface area contributed by atoms with E-state index in [0.29, 0.717) is 18.9 Å². The molecule has 3 aromatic carbocycles. The Balaban J connectivity index is 2.06. The van der Waals surface area contributed by atoms with Crippen LogP contribution in [0.2, 0.25) is 0 Å². The number of amides is 2. The van der Waals surface area contributed by atoms with Crippen LogP contribution in [-0.4, -0.2) is 50.9 Å². The minimum absolute atomic E-state index is 0.0383. The molecule has 0 unspecified atom stereocenters. The SMILES string of the molecule is CCCNC(=O)[C@H](C)N(Cc1cccc(Br)c1)C(=O)CN(c1ccccc1OCC)S(=O)(=O)c1ccccc1. The summed E-state index contributed by atoms with van der Waals surface area (Å²) < 4.78 is 35.4. The zero-order valence-corrected chi connectivity index (χ0v) is 24.7. The molecule has 1 atom stereocenters. The number of carbonyl (C=O) groups excluding carboxylic acids is 2. The van der Waals surface area contributed by atoms with Gasteiger partial charge < -0.3 is 15.0 Å². The molecular weight excluding hydrogens is 582 g/mol. The van der Waals surface area contributed by atoms with Crippen LogP contribution < -0.4 is 14.4 Å². The van der Waals surface area contributed by atoms with Gasteiger partial charge in [-0.05, 0) is 62.2 Å². The molecule has 0 heterocycles. The first-order chi connectivity index (χ1) is 18.7. The van der Waals surface area contributed by atoms with Crippen molar-refractivity contribution >= 4 is 43.5 Å². The molecule has 0 spiro atoms. The third kappa shape index (κ3) is 7.83. The van der Waals surface area contributed by atoms with Crippen molar-refractivity contribution in [2.45, 2.75) is 44.7 Å². The molecule has 0 aliphatic carbocycles. The lowest BCUT2D eigenvalue weighted by molar-refractivity contribution is -0.139. The third-order valence-electron chi connectivity index (χ3n) is 6.00. The Morgan fingerprint density at radius 2 is 1.67 bits per heavy atom. The number of para-hydroxylation sites is 2. The van der Waals surface area contributed by atoms with Crippen LogP contribution in [0.5, 0.6) is 5.75 Å². The molecule has 0 aliphatic rings. The summed E-state index contributed by atoms with van der Waals surface area (Å²) in [5, 5.41) is 2.84. The molecule has 3 rings (SSSR count). The van der Waals surface area contributed by atoms with Crippen molar-refractivity contribution in [3.63, 3.8) is 0 Å². The zero-order valence-electron chi connectivity index (χ0n) is 22.3. The lowest BCUT2D eigenvalue weighted by atomic mass is 10.1. The summed E-state index contributed by atoms with van der Waals surface area (Å²) in [6.45, 7) is 5.76. The molecule has 0 saturated carbocycles. The number of halogens is 1. The number of carbonyl (C=O) groups is 2. The molecule has 0 bridgehead atoms. The van der Waals surface area contributed by atoms with Crippen LogP contribution in [0.1, 0.15) is 32.8 Å². The minimum Gasteiger partial charge on any atom is -0.492 e. The van der Waals surface area contributed by atoms with Gasteiger partial charge in [-0.2, -0.15) is 0 Å². The summed E-state index contributed by atoms with van der Waals surface area (Å²) in [5.41, 5.74) is 1.03. The van der Waals surface area contributed by atoms with E-state index in [4.69, 9.17) is 4.74 Å². The number of sulfonamides is 1. The van der Waals surface area contributed by atoms with Crippen LogP contribution in [0, 0.1) is 0 Å². The van der Waals surface area contributed by atoms with Gasteiger partial charge in [0.2, 0.25) is 11.8 Å². The van der Waals surface area contributed by atoms with E-state index in [9.17, 15) is 18.0 Å². The third-order valence-corrected chi connectivity index (χ3v) is 8.27. The first-order valence-corrected chi connectivity index (χ1v) is 15.0. The molecule has 1 N–H and O–H groups in total. The number of rotatable bonds is 13. The Hall–Kier alpha value is -3.37. The van der Waals surface area contributed by atoms with Crippen molar-refractivity contribution < 1.29 is 22.7 Å². The number of ether oxygens (including phenoxy) is 1. The Labute approximate surface area is 239 Å². The highest BCUT2D eigenvalue weighted by molar-refractivity contribution is 9.10. The molecular formula is C29H34BrN3O5S. The minimum atomic E-state index is -4.17. The van der Waals surface area contributed by atoms with Crippen molar-refractivity contribution in [2.24, 2.45) is 0 Å². The molecule has 0 saturated heterocycles. The smallest absolute Gasteiger partial charge is 0.264 e. The van der Waals surface area contributed by atoms with Crippen molar-refractivity contribution in [3.05, 3.63) is 88.9 Å². The van der Waals surface area contributed by atoms with Gasteiger partial charge in [0.25, 0.3) is 10.0 Å². The van der Waals surface area contributed by atoms with Gasteiger partial charge in [0.05, 0.1) is 17.2 Å². The van der Waals surface area contributed by atoms with Crippen molar-refractivity contribution in [2.75, 3.05) is 24.0 Å². The maximum atomic E-state index is 14.0. The van der Waals surface area contributed by atoms with Gasteiger partial charge in [-0.25, -0.2) is 8.42 Å². The first kappa shape index (κ1) is 30.2. The monoisotopic (exact) mass is 615 g/mol. The quantitative estimate of drug-likeness (QED) is 0.292. The second-order valence-electron chi connectivity index (χ2n) is 8.84. The van der Waals surface area contributed by atoms with Gasteiger partial charge in [-0.1, -0.05) is 65.3 Å². The Kier molecular flexibility index (Phi) is 10.9. The summed E-state index contributed by atoms with van der Waals surface area (Å²) >= 11 is 3.45. The predicted molar refractivity (Wildman–Crippen MR) is 156 cm³/mol. The fourth-order valence-corrected chi connectivity index (χ4v) is 5.88. The predicted octanol–water partition coefficient (Wildman–Crippen LogP) is 4.99. The maximum absolute atomic E-state index is 14.0. The van der Waals surface area contributed by atoms with Gasteiger partial charge in [-0.15, -0.1) is 0 Å². The molecule has 0 aromatic heterocycles. The molecule has 2 amide bonds. The van der Waals surface area contributed by atoms with Gasteiger partial charge in [0.1, 0.15) is 18.3 Å². The van der Waals surface area contributed by atoms with Crippen LogP contribution in [0.25, 0.3) is 0 Å². The van der Waals surface area contributed by atoms with E-state index in [1.807, 2.05) is 31.2 Å². The Bertz CT molecular complexity index is 1370. The second-order valence-corrected chi connectivity index (χ2v) is 11.6. The molecule has 0 fully saturated rings. The van der Waals surface area contributed by atoms with Crippen LogP contribution in [0.3, 0.4) is 0 Å². The zero-order chi connectivity index (χ0) is 28.4. The molecule has 208 valence electrons. The van der Waals surface area contributed by atoms with Crippen LogP contribution >= 0.6 is 15.9 Å². The maximum Gasteiger partial charge on any atom is 0.264 e. The van der Waals surface area contributed by atoms with E-state index in [-0.39, 0.29) is 23.0 Å². The average molecular weight is 617 g/mol. The highest BCUT2D eigenvalue weighted by Crippen LogP contribution is 2.33. The number of hydrogen-bond donors (Lipinski definition) is 1. The summed E-state index contributed by atoms with van der Waals surface area (Å²) in [6, 6.07) is 21.2. The van der Waals surface area contributed by atoms with Crippen LogP contribution in [0.15, 0.2) is 88.2 Å². The number of hydrogen-bond acceptors (Lipinski definition) is 5. The molecule has 10 heteroatoms. The summed E-state index contributed by atoms with van der Waals surface area (Å²) in [6.07, 6.45) is 0.745. The summed E-state index contributed by atoms with van der Waals surface area (Å²) in [4.78, 5) is 28.4. The van der Waals surface area contributed by atoms with E-state index in [2.05, 4.69) is 21.2 Å². The molecule has 39 heavy (non-hydrogen) atoms. The van der Waals surface area contributed by atoms with Crippen molar-refractivity contribution in [1.29, 1.82) is 0 Å². The number of nitrogens with zero attached hydrogens (tertiary/aromatic N) is 2.